The monoisotopic (exact) mass is 512 g/mol. The van der Waals surface area contributed by atoms with E-state index in [-0.39, 0.29) is 29.8 Å². The number of pyridine rings is 1. The smallest absolute Gasteiger partial charge is 0.219 e. The summed E-state index contributed by atoms with van der Waals surface area (Å²) in [6, 6.07) is 13.9. The number of hydrogen-bond acceptors (Lipinski definition) is 4. The molecule has 0 amide bonds. The van der Waals surface area contributed by atoms with Crippen LogP contribution >= 0.6 is 35.3 Å². The Kier molecular flexibility index (Phi) is 8.65. The van der Waals surface area contributed by atoms with Gasteiger partial charge in [-0.2, -0.15) is 0 Å². The molecule has 0 saturated heterocycles. The van der Waals surface area contributed by atoms with Gasteiger partial charge in [0, 0.05) is 41.7 Å². The maximum absolute atomic E-state index is 13.2. The van der Waals surface area contributed by atoms with Gasteiger partial charge in [0.05, 0.1) is 6.54 Å². The van der Waals surface area contributed by atoms with Crippen LogP contribution < -0.4 is 15.4 Å². The van der Waals surface area contributed by atoms with E-state index in [0.717, 1.165) is 18.1 Å². The predicted molar refractivity (Wildman–Crippen MR) is 122 cm³/mol. The number of ether oxygens (including phenoxy) is 1. The average Bonchev–Trinajstić information content (AvgIpc) is 3.08. The summed E-state index contributed by atoms with van der Waals surface area (Å²) >= 11 is 1.77. The van der Waals surface area contributed by atoms with Gasteiger partial charge in [-0.15, -0.1) is 35.3 Å². The number of nitrogens with one attached hydrogen (secondary N) is 2. The van der Waals surface area contributed by atoms with E-state index >= 15 is 0 Å². The summed E-state index contributed by atoms with van der Waals surface area (Å²) < 4.78 is 18.7. The van der Waals surface area contributed by atoms with Crippen LogP contribution in [0.4, 0.5) is 4.39 Å². The van der Waals surface area contributed by atoms with Crippen molar-refractivity contribution in [3.05, 3.63) is 75.9 Å². The molecule has 0 fully saturated rings. The van der Waals surface area contributed by atoms with Crippen LogP contribution in [0, 0.1) is 12.7 Å². The van der Waals surface area contributed by atoms with Crippen molar-refractivity contribution in [2.24, 2.45) is 4.99 Å². The van der Waals surface area contributed by atoms with E-state index in [1.54, 1.807) is 42.8 Å². The van der Waals surface area contributed by atoms with Crippen LogP contribution in [0.5, 0.6) is 11.6 Å². The SMILES string of the molecule is CN=C(NCc1ccc(Oc2cccc(F)c2)nc1)NCc1ccc(C)s1.I. The first kappa shape index (κ1) is 22.1. The van der Waals surface area contributed by atoms with Crippen molar-refractivity contribution >= 4 is 41.3 Å². The van der Waals surface area contributed by atoms with E-state index in [9.17, 15) is 4.39 Å². The molecule has 3 aromatic rings. The van der Waals surface area contributed by atoms with Gasteiger partial charge >= 0.3 is 0 Å². The standard InChI is InChI=1S/C20H21FN4OS.HI/c1-14-6-8-18(27-14)13-25-20(22-2)24-12-15-7-9-19(23-11-15)26-17-5-3-4-16(21)10-17;/h3-11H,12-13H2,1-2H3,(H2,22,24,25);1H. The van der Waals surface area contributed by atoms with Crippen molar-refractivity contribution < 1.29 is 9.13 Å². The van der Waals surface area contributed by atoms with Gasteiger partial charge in [0.15, 0.2) is 5.96 Å². The fourth-order valence-corrected chi connectivity index (χ4v) is 3.21. The predicted octanol–water partition coefficient (Wildman–Crippen LogP) is 4.87. The molecule has 2 aromatic heterocycles. The Labute approximate surface area is 185 Å². The number of hydrogen-bond donors (Lipinski definition) is 2. The van der Waals surface area contributed by atoms with Crippen molar-refractivity contribution in [3.63, 3.8) is 0 Å². The minimum absolute atomic E-state index is 0. The third kappa shape index (κ3) is 6.75. The number of aliphatic imine (C=N–C) groups is 1. The molecule has 0 unspecified atom stereocenters. The number of rotatable bonds is 6. The number of halogens is 2. The van der Waals surface area contributed by atoms with Gasteiger partial charge in [0.25, 0.3) is 0 Å². The third-order valence-corrected chi connectivity index (χ3v) is 4.73. The van der Waals surface area contributed by atoms with Crippen LogP contribution in [0.3, 0.4) is 0 Å². The van der Waals surface area contributed by atoms with E-state index in [1.807, 2.05) is 6.07 Å². The maximum atomic E-state index is 13.2. The highest BCUT2D eigenvalue weighted by Gasteiger charge is 2.03. The average molecular weight is 512 g/mol. The molecule has 28 heavy (non-hydrogen) atoms. The summed E-state index contributed by atoms with van der Waals surface area (Å²) in [6.45, 7) is 3.41. The van der Waals surface area contributed by atoms with Gasteiger partial charge in [0.2, 0.25) is 5.88 Å². The topological polar surface area (TPSA) is 58.5 Å². The summed E-state index contributed by atoms with van der Waals surface area (Å²) in [5.41, 5.74) is 0.983. The number of aryl methyl sites for hydroxylation is 1. The Balaban J connectivity index is 0.00000280. The van der Waals surface area contributed by atoms with E-state index in [4.69, 9.17) is 4.74 Å². The van der Waals surface area contributed by atoms with E-state index in [1.165, 1.54) is 21.9 Å². The Hall–Kier alpha value is -2.20. The largest absolute Gasteiger partial charge is 0.439 e. The molecule has 148 valence electrons. The highest BCUT2D eigenvalue weighted by molar-refractivity contribution is 14.0. The Morgan fingerprint density at radius 3 is 2.61 bits per heavy atom. The fraction of sp³-hybridized carbons (Fsp3) is 0.200. The number of guanidine groups is 1. The van der Waals surface area contributed by atoms with Crippen molar-refractivity contribution in [2.75, 3.05) is 7.05 Å². The fourth-order valence-electron chi connectivity index (χ4n) is 2.38. The van der Waals surface area contributed by atoms with E-state index < -0.39 is 0 Å². The van der Waals surface area contributed by atoms with Gasteiger partial charge < -0.3 is 15.4 Å². The Morgan fingerprint density at radius 1 is 1.14 bits per heavy atom. The van der Waals surface area contributed by atoms with Gasteiger partial charge in [-0.25, -0.2) is 9.37 Å². The first-order chi connectivity index (χ1) is 13.1. The van der Waals surface area contributed by atoms with Crippen molar-refractivity contribution in [3.8, 4) is 11.6 Å². The maximum Gasteiger partial charge on any atom is 0.219 e. The van der Waals surface area contributed by atoms with E-state index in [0.29, 0.717) is 18.2 Å². The second kappa shape index (κ2) is 11.0. The highest BCUT2D eigenvalue weighted by Crippen LogP contribution is 2.20. The van der Waals surface area contributed by atoms with Crippen LogP contribution in [0.15, 0.2) is 59.7 Å². The van der Waals surface area contributed by atoms with Crippen molar-refractivity contribution in [1.29, 1.82) is 0 Å². The van der Waals surface area contributed by atoms with Crippen LogP contribution in [0.2, 0.25) is 0 Å². The lowest BCUT2D eigenvalue weighted by Gasteiger charge is -2.11. The molecule has 5 nitrogen and oxygen atoms in total. The normalized spacial score (nSPS) is 10.9. The molecule has 0 aliphatic carbocycles. The number of benzene rings is 1. The van der Waals surface area contributed by atoms with Crippen molar-refractivity contribution in [2.45, 2.75) is 20.0 Å². The van der Waals surface area contributed by atoms with Crippen LogP contribution in [-0.4, -0.2) is 18.0 Å². The molecule has 0 aliphatic heterocycles. The number of nitrogens with zero attached hydrogens (tertiary/aromatic N) is 2. The summed E-state index contributed by atoms with van der Waals surface area (Å²) in [4.78, 5) is 11.0. The zero-order valence-corrected chi connectivity index (χ0v) is 18.8. The molecular weight excluding hydrogens is 490 g/mol. The highest BCUT2D eigenvalue weighted by atomic mass is 127. The van der Waals surface area contributed by atoms with Crippen LogP contribution in [0.25, 0.3) is 0 Å². The zero-order valence-electron chi connectivity index (χ0n) is 15.6. The summed E-state index contributed by atoms with van der Waals surface area (Å²) in [5, 5.41) is 6.54. The Morgan fingerprint density at radius 2 is 1.96 bits per heavy atom. The lowest BCUT2D eigenvalue weighted by atomic mass is 10.3. The van der Waals surface area contributed by atoms with Crippen molar-refractivity contribution in [1.82, 2.24) is 15.6 Å². The lowest BCUT2D eigenvalue weighted by Crippen LogP contribution is -2.36. The summed E-state index contributed by atoms with van der Waals surface area (Å²) in [5.74, 6) is 1.22. The number of thiophene rings is 1. The molecule has 1 aromatic carbocycles. The minimum Gasteiger partial charge on any atom is -0.439 e. The second-order valence-electron chi connectivity index (χ2n) is 5.86. The summed E-state index contributed by atoms with van der Waals surface area (Å²) in [6.07, 6.45) is 1.72. The molecule has 0 aliphatic rings. The first-order valence-corrected chi connectivity index (χ1v) is 9.32. The second-order valence-corrected chi connectivity index (χ2v) is 7.23. The van der Waals surface area contributed by atoms with Gasteiger partial charge in [0.1, 0.15) is 11.6 Å². The first-order valence-electron chi connectivity index (χ1n) is 8.50. The molecule has 0 spiro atoms. The molecule has 8 heteroatoms. The van der Waals surface area contributed by atoms with Gasteiger partial charge in [-0.3, -0.25) is 4.99 Å². The van der Waals surface area contributed by atoms with Gasteiger partial charge in [-0.1, -0.05) is 12.1 Å². The Bertz CT molecular complexity index is 915. The molecular formula is C20H22FIN4OS. The third-order valence-electron chi connectivity index (χ3n) is 3.73. The molecule has 0 radical (unpaired) electrons. The van der Waals surface area contributed by atoms with Crippen LogP contribution in [-0.2, 0) is 13.1 Å². The zero-order chi connectivity index (χ0) is 19.1. The lowest BCUT2D eigenvalue weighted by molar-refractivity contribution is 0.457. The summed E-state index contributed by atoms with van der Waals surface area (Å²) in [7, 11) is 1.74. The molecule has 0 saturated carbocycles. The van der Waals surface area contributed by atoms with E-state index in [2.05, 4.69) is 39.7 Å². The molecule has 2 heterocycles. The molecule has 0 atom stereocenters. The molecule has 3 rings (SSSR count). The molecule has 2 N–H and O–H groups in total. The number of aromatic nitrogens is 1. The molecule has 0 bridgehead atoms. The minimum atomic E-state index is -0.343. The quantitative estimate of drug-likeness (QED) is 0.281. The van der Waals surface area contributed by atoms with Gasteiger partial charge in [-0.05, 0) is 36.8 Å². The van der Waals surface area contributed by atoms with Crippen LogP contribution in [0.1, 0.15) is 15.3 Å².